The first-order valence-corrected chi connectivity index (χ1v) is 6.88. The molecule has 0 radical (unpaired) electrons. The van der Waals surface area contributed by atoms with Gasteiger partial charge in [0.25, 0.3) is 0 Å². The average molecular weight is 276 g/mol. The second-order valence-electron chi connectivity index (χ2n) is 4.84. The van der Waals surface area contributed by atoms with E-state index in [0.29, 0.717) is 22.6 Å². The van der Waals surface area contributed by atoms with Gasteiger partial charge in [-0.1, -0.05) is 43.1 Å². The fraction of sp³-hybridized carbons (Fsp3) is 0.917. The number of likely N-dealkylation sites (tertiary alicyclic amines) is 1. The van der Waals surface area contributed by atoms with E-state index < -0.39 is 0 Å². The minimum absolute atomic E-state index is 0.343. The Balaban J connectivity index is 2.40. The van der Waals surface area contributed by atoms with Crippen LogP contribution in [0.1, 0.15) is 40.0 Å². The number of rotatable bonds is 3. The number of hydrogen-bond acceptors (Lipinski definition) is 1. The van der Waals surface area contributed by atoms with Crippen molar-refractivity contribution in [2.75, 3.05) is 13.1 Å². The van der Waals surface area contributed by atoms with Crippen molar-refractivity contribution >= 4 is 21.8 Å². The third kappa shape index (κ3) is 3.78. The summed E-state index contributed by atoms with van der Waals surface area (Å²) in [5.41, 5.74) is 0. The molecule has 0 aromatic heterocycles. The molecule has 1 rings (SSSR count). The maximum Gasteiger partial charge on any atom is 0.222 e. The molecule has 0 bridgehead atoms. The van der Waals surface area contributed by atoms with Gasteiger partial charge in [-0.2, -0.15) is 0 Å². The fourth-order valence-corrected chi connectivity index (χ4v) is 2.29. The van der Waals surface area contributed by atoms with E-state index in [2.05, 4.69) is 36.7 Å². The molecule has 1 aliphatic rings. The molecule has 3 heteroatoms. The standard InChI is InChI=1S/C12H22BrNO/c1-4-9(2)7-12(15)14-6-5-11(13)10(3)8-14/h9-11H,4-8H2,1-3H3. The molecule has 0 saturated carbocycles. The first-order valence-electron chi connectivity index (χ1n) is 5.96. The van der Waals surface area contributed by atoms with Crippen molar-refractivity contribution in [2.24, 2.45) is 11.8 Å². The van der Waals surface area contributed by atoms with Gasteiger partial charge in [0.15, 0.2) is 0 Å². The predicted octanol–water partition coefficient (Wildman–Crippen LogP) is 3.05. The summed E-state index contributed by atoms with van der Waals surface area (Å²) >= 11 is 3.66. The van der Waals surface area contributed by atoms with Gasteiger partial charge in [0.2, 0.25) is 5.91 Å². The minimum Gasteiger partial charge on any atom is -0.342 e. The van der Waals surface area contributed by atoms with E-state index >= 15 is 0 Å². The summed E-state index contributed by atoms with van der Waals surface area (Å²) in [6.45, 7) is 8.35. The van der Waals surface area contributed by atoms with E-state index in [1.165, 1.54) is 0 Å². The average Bonchev–Trinajstić information content (AvgIpc) is 2.21. The van der Waals surface area contributed by atoms with Crippen molar-refractivity contribution in [3.05, 3.63) is 0 Å². The molecule has 0 spiro atoms. The van der Waals surface area contributed by atoms with Gasteiger partial charge in [-0.25, -0.2) is 0 Å². The SMILES string of the molecule is CCC(C)CC(=O)N1CCC(Br)C(C)C1. The lowest BCUT2D eigenvalue weighted by atomic mass is 9.98. The number of halogens is 1. The van der Waals surface area contributed by atoms with Crippen LogP contribution in [0.2, 0.25) is 0 Å². The van der Waals surface area contributed by atoms with Crippen LogP contribution in [0.3, 0.4) is 0 Å². The van der Waals surface area contributed by atoms with Gasteiger partial charge in [0.1, 0.15) is 0 Å². The summed E-state index contributed by atoms with van der Waals surface area (Å²) in [5.74, 6) is 1.45. The molecule has 1 heterocycles. The van der Waals surface area contributed by atoms with Crippen LogP contribution in [0.15, 0.2) is 0 Å². The highest BCUT2D eigenvalue weighted by atomic mass is 79.9. The van der Waals surface area contributed by atoms with Crippen LogP contribution in [0.4, 0.5) is 0 Å². The van der Waals surface area contributed by atoms with Gasteiger partial charge >= 0.3 is 0 Å². The summed E-state index contributed by atoms with van der Waals surface area (Å²) in [5, 5.41) is 0. The second kappa shape index (κ2) is 5.88. The maximum atomic E-state index is 11.9. The molecule has 2 nitrogen and oxygen atoms in total. The lowest BCUT2D eigenvalue weighted by molar-refractivity contribution is -0.133. The molecule has 0 aliphatic carbocycles. The van der Waals surface area contributed by atoms with E-state index in [1.54, 1.807) is 0 Å². The molecule has 1 amide bonds. The molecule has 0 aromatic carbocycles. The highest BCUT2D eigenvalue weighted by Crippen LogP contribution is 2.24. The Kier molecular flexibility index (Phi) is 5.10. The Morgan fingerprint density at radius 1 is 1.60 bits per heavy atom. The zero-order valence-corrected chi connectivity index (χ0v) is 11.6. The van der Waals surface area contributed by atoms with Crippen LogP contribution in [0.25, 0.3) is 0 Å². The Morgan fingerprint density at radius 3 is 2.80 bits per heavy atom. The summed E-state index contributed by atoms with van der Waals surface area (Å²) in [4.78, 5) is 14.6. The van der Waals surface area contributed by atoms with Gasteiger partial charge in [0.05, 0.1) is 0 Å². The first-order chi connectivity index (χ1) is 7.04. The van der Waals surface area contributed by atoms with Crippen LogP contribution in [0, 0.1) is 11.8 Å². The zero-order chi connectivity index (χ0) is 11.4. The number of nitrogens with zero attached hydrogens (tertiary/aromatic N) is 1. The van der Waals surface area contributed by atoms with Crippen molar-refractivity contribution in [1.29, 1.82) is 0 Å². The first kappa shape index (κ1) is 13.0. The Hall–Kier alpha value is -0.0500. The smallest absolute Gasteiger partial charge is 0.222 e. The molecule has 0 aromatic rings. The summed E-state index contributed by atoms with van der Waals surface area (Å²) in [6, 6.07) is 0. The number of carbonyl (C=O) groups excluding carboxylic acids is 1. The molecule has 0 N–H and O–H groups in total. The molecule has 15 heavy (non-hydrogen) atoms. The highest BCUT2D eigenvalue weighted by molar-refractivity contribution is 9.09. The van der Waals surface area contributed by atoms with Crippen LogP contribution >= 0.6 is 15.9 Å². The van der Waals surface area contributed by atoms with E-state index in [9.17, 15) is 4.79 Å². The molecule has 1 fully saturated rings. The Morgan fingerprint density at radius 2 is 2.27 bits per heavy atom. The number of amides is 1. The molecule has 3 unspecified atom stereocenters. The topological polar surface area (TPSA) is 20.3 Å². The van der Waals surface area contributed by atoms with E-state index in [-0.39, 0.29) is 0 Å². The van der Waals surface area contributed by atoms with Crippen LogP contribution in [-0.2, 0) is 4.79 Å². The van der Waals surface area contributed by atoms with E-state index in [1.807, 2.05) is 4.90 Å². The predicted molar refractivity (Wildman–Crippen MR) is 67.1 cm³/mol. The summed E-state index contributed by atoms with van der Waals surface area (Å²) in [7, 11) is 0. The zero-order valence-electron chi connectivity index (χ0n) is 10.0. The third-order valence-corrected chi connectivity index (χ3v) is 4.73. The van der Waals surface area contributed by atoms with Gasteiger partial charge in [-0.3, -0.25) is 4.79 Å². The molecule has 1 aliphatic heterocycles. The highest BCUT2D eigenvalue weighted by Gasteiger charge is 2.27. The van der Waals surface area contributed by atoms with Crippen LogP contribution in [-0.4, -0.2) is 28.7 Å². The Bertz CT molecular complexity index is 220. The number of alkyl halides is 1. The summed E-state index contributed by atoms with van der Waals surface area (Å²) < 4.78 is 0. The summed E-state index contributed by atoms with van der Waals surface area (Å²) in [6.07, 6.45) is 2.90. The number of carbonyl (C=O) groups is 1. The number of hydrogen-bond donors (Lipinski definition) is 0. The molecule has 3 atom stereocenters. The Labute approximate surface area is 102 Å². The van der Waals surface area contributed by atoms with Crippen molar-refractivity contribution in [3.8, 4) is 0 Å². The second-order valence-corrected chi connectivity index (χ2v) is 6.02. The normalized spacial score (nSPS) is 28.9. The fourth-order valence-electron chi connectivity index (χ4n) is 1.92. The van der Waals surface area contributed by atoms with Gasteiger partial charge < -0.3 is 4.90 Å². The maximum absolute atomic E-state index is 11.9. The molecular formula is C12H22BrNO. The van der Waals surface area contributed by atoms with Crippen LogP contribution < -0.4 is 0 Å². The van der Waals surface area contributed by atoms with Crippen LogP contribution in [0.5, 0.6) is 0 Å². The third-order valence-electron chi connectivity index (χ3n) is 3.37. The van der Waals surface area contributed by atoms with Gasteiger partial charge in [0, 0.05) is 24.3 Å². The van der Waals surface area contributed by atoms with Crippen molar-refractivity contribution in [3.63, 3.8) is 0 Å². The monoisotopic (exact) mass is 275 g/mol. The minimum atomic E-state index is 0.343. The van der Waals surface area contributed by atoms with E-state index in [4.69, 9.17) is 0 Å². The number of piperidine rings is 1. The van der Waals surface area contributed by atoms with Crippen molar-refractivity contribution < 1.29 is 4.79 Å². The van der Waals surface area contributed by atoms with Gasteiger partial charge in [-0.05, 0) is 18.3 Å². The molecular weight excluding hydrogens is 254 g/mol. The molecule has 1 saturated heterocycles. The van der Waals surface area contributed by atoms with Crippen molar-refractivity contribution in [2.45, 2.75) is 44.9 Å². The quantitative estimate of drug-likeness (QED) is 0.725. The van der Waals surface area contributed by atoms with Gasteiger partial charge in [-0.15, -0.1) is 0 Å². The lowest BCUT2D eigenvalue weighted by Crippen LogP contribution is -2.43. The largest absolute Gasteiger partial charge is 0.342 e. The van der Waals surface area contributed by atoms with E-state index in [0.717, 1.165) is 32.4 Å². The van der Waals surface area contributed by atoms with Crippen molar-refractivity contribution in [1.82, 2.24) is 4.90 Å². The molecule has 88 valence electrons. The lowest BCUT2D eigenvalue weighted by Gasteiger charge is -2.34.